The second kappa shape index (κ2) is 5.41. The third-order valence-electron chi connectivity index (χ3n) is 3.79. The van der Waals surface area contributed by atoms with Crippen LogP contribution in [0.2, 0.25) is 0 Å². The standard InChI is InChI=1S/C18H18O/c1-2-14-13-17(15-9-5-3-6-10-15)19-18(14)16-11-7-4-8-12-16/h2-12,14,17-18H,1,13H2. The zero-order valence-corrected chi connectivity index (χ0v) is 10.9. The molecule has 19 heavy (non-hydrogen) atoms. The van der Waals surface area contributed by atoms with Crippen LogP contribution in [0, 0.1) is 5.92 Å². The fourth-order valence-electron chi connectivity index (χ4n) is 2.77. The SMILES string of the molecule is C=CC1CC(c2ccccc2)OC1c1ccccc1. The topological polar surface area (TPSA) is 9.23 Å². The van der Waals surface area contributed by atoms with Crippen LogP contribution in [0.25, 0.3) is 0 Å². The summed E-state index contributed by atoms with van der Waals surface area (Å²) in [6, 6.07) is 20.9. The lowest BCUT2D eigenvalue weighted by Gasteiger charge is -2.16. The molecule has 1 fully saturated rings. The van der Waals surface area contributed by atoms with E-state index < -0.39 is 0 Å². The van der Waals surface area contributed by atoms with E-state index in [0.717, 1.165) is 6.42 Å². The molecule has 0 spiro atoms. The van der Waals surface area contributed by atoms with Gasteiger partial charge in [0, 0.05) is 5.92 Å². The van der Waals surface area contributed by atoms with E-state index in [0.29, 0.717) is 5.92 Å². The molecule has 0 saturated carbocycles. The van der Waals surface area contributed by atoms with Gasteiger partial charge in [-0.1, -0.05) is 66.7 Å². The van der Waals surface area contributed by atoms with Crippen molar-refractivity contribution < 1.29 is 4.74 Å². The first-order valence-corrected chi connectivity index (χ1v) is 6.76. The van der Waals surface area contributed by atoms with Crippen molar-refractivity contribution in [2.24, 2.45) is 5.92 Å². The summed E-state index contributed by atoms with van der Waals surface area (Å²) in [6.45, 7) is 3.97. The summed E-state index contributed by atoms with van der Waals surface area (Å²) in [4.78, 5) is 0. The van der Waals surface area contributed by atoms with E-state index in [1.165, 1.54) is 11.1 Å². The zero-order valence-electron chi connectivity index (χ0n) is 10.9. The van der Waals surface area contributed by atoms with Crippen LogP contribution < -0.4 is 0 Å². The Kier molecular flexibility index (Phi) is 3.47. The molecule has 0 aliphatic carbocycles. The highest BCUT2D eigenvalue weighted by atomic mass is 16.5. The number of hydrogen-bond donors (Lipinski definition) is 0. The van der Waals surface area contributed by atoms with E-state index in [9.17, 15) is 0 Å². The third-order valence-corrected chi connectivity index (χ3v) is 3.79. The summed E-state index contributed by atoms with van der Waals surface area (Å²) in [5.41, 5.74) is 2.50. The second-order valence-electron chi connectivity index (χ2n) is 5.00. The van der Waals surface area contributed by atoms with Gasteiger partial charge in [0.15, 0.2) is 0 Å². The first-order chi connectivity index (χ1) is 9.38. The van der Waals surface area contributed by atoms with Crippen LogP contribution >= 0.6 is 0 Å². The fourth-order valence-corrected chi connectivity index (χ4v) is 2.77. The van der Waals surface area contributed by atoms with Crippen molar-refractivity contribution in [1.29, 1.82) is 0 Å². The molecule has 0 radical (unpaired) electrons. The van der Waals surface area contributed by atoms with Crippen LogP contribution in [0.3, 0.4) is 0 Å². The van der Waals surface area contributed by atoms with Crippen molar-refractivity contribution in [3.05, 3.63) is 84.4 Å². The van der Waals surface area contributed by atoms with Crippen molar-refractivity contribution in [1.82, 2.24) is 0 Å². The Morgan fingerprint density at radius 3 is 2.05 bits per heavy atom. The molecular formula is C18H18O. The molecule has 0 amide bonds. The van der Waals surface area contributed by atoms with Gasteiger partial charge in [0.2, 0.25) is 0 Å². The molecule has 1 saturated heterocycles. The monoisotopic (exact) mass is 250 g/mol. The van der Waals surface area contributed by atoms with E-state index in [1.54, 1.807) is 0 Å². The zero-order chi connectivity index (χ0) is 13.1. The lowest BCUT2D eigenvalue weighted by molar-refractivity contribution is 0.0375. The van der Waals surface area contributed by atoms with Crippen LogP contribution in [-0.2, 0) is 4.74 Å². The predicted octanol–water partition coefficient (Wildman–Crippen LogP) is 4.69. The van der Waals surface area contributed by atoms with E-state index in [2.05, 4.69) is 55.1 Å². The molecule has 1 heteroatoms. The van der Waals surface area contributed by atoms with E-state index in [4.69, 9.17) is 4.74 Å². The number of ether oxygens (including phenoxy) is 1. The summed E-state index contributed by atoms with van der Waals surface area (Å²) in [6.07, 6.45) is 3.34. The minimum Gasteiger partial charge on any atom is -0.365 e. The second-order valence-corrected chi connectivity index (χ2v) is 5.00. The first-order valence-electron chi connectivity index (χ1n) is 6.76. The van der Waals surface area contributed by atoms with Gasteiger partial charge in [-0.3, -0.25) is 0 Å². The average Bonchev–Trinajstić information content (AvgIpc) is 2.93. The largest absolute Gasteiger partial charge is 0.365 e. The van der Waals surface area contributed by atoms with Gasteiger partial charge in [-0.15, -0.1) is 6.58 Å². The maximum Gasteiger partial charge on any atom is 0.0896 e. The summed E-state index contributed by atoms with van der Waals surface area (Å²) in [5.74, 6) is 0.382. The molecule has 0 bridgehead atoms. The van der Waals surface area contributed by atoms with Crippen LogP contribution in [-0.4, -0.2) is 0 Å². The summed E-state index contributed by atoms with van der Waals surface area (Å²) < 4.78 is 6.27. The normalized spacial score (nSPS) is 26.2. The number of hydrogen-bond acceptors (Lipinski definition) is 1. The van der Waals surface area contributed by atoms with E-state index in [1.807, 2.05) is 18.2 Å². The molecule has 3 rings (SSSR count). The molecule has 96 valence electrons. The predicted molar refractivity (Wildman–Crippen MR) is 77.8 cm³/mol. The molecular weight excluding hydrogens is 232 g/mol. The number of benzene rings is 2. The van der Waals surface area contributed by atoms with Gasteiger partial charge in [-0.2, -0.15) is 0 Å². The van der Waals surface area contributed by atoms with E-state index in [-0.39, 0.29) is 12.2 Å². The maximum atomic E-state index is 6.27. The minimum absolute atomic E-state index is 0.129. The van der Waals surface area contributed by atoms with E-state index >= 15 is 0 Å². The Labute approximate surface area is 114 Å². The smallest absolute Gasteiger partial charge is 0.0896 e. The maximum absolute atomic E-state index is 6.27. The molecule has 1 aliphatic heterocycles. The van der Waals surface area contributed by atoms with Crippen molar-refractivity contribution in [3.63, 3.8) is 0 Å². The van der Waals surface area contributed by atoms with Crippen LogP contribution in [0.4, 0.5) is 0 Å². The van der Waals surface area contributed by atoms with Crippen molar-refractivity contribution in [2.45, 2.75) is 18.6 Å². The molecule has 2 aromatic carbocycles. The lowest BCUT2D eigenvalue weighted by atomic mass is 9.93. The highest BCUT2D eigenvalue weighted by Crippen LogP contribution is 2.45. The highest BCUT2D eigenvalue weighted by Gasteiger charge is 2.34. The Bertz CT molecular complexity index is 532. The highest BCUT2D eigenvalue weighted by molar-refractivity contribution is 5.24. The molecule has 3 atom stereocenters. The lowest BCUT2D eigenvalue weighted by Crippen LogP contribution is -2.04. The number of rotatable bonds is 3. The fraction of sp³-hybridized carbons (Fsp3) is 0.222. The Morgan fingerprint density at radius 2 is 1.47 bits per heavy atom. The Morgan fingerprint density at radius 1 is 0.895 bits per heavy atom. The van der Waals surface area contributed by atoms with Gasteiger partial charge in [0.25, 0.3) is 0 Å². The minimum atomic E-state index is 0.129. The van der Waals surface area contributed by atoms with Crippen LogP contribution in [0.1, 0.15) is 29.8 Å². The molecule has 0 N–H and O–H groups in total. The van der Waals surface area contributed by atoms with Gasteiger partial charge >= 0.3 is 0 Å². The summed E-state index contributed by atoms with van der Waals surface area (Å²) in [5, 5.41) is 0. The molecule has 3 unspecified atom stereocenters. The first kappa shape index (κ1) is 12.2. The quantitative estimate of drug-likeness (QED) is 0.718. The van der Waals surface area contributed by atoms with Gasteiger partial charge in [-0.05, 0) is 17.5 Å². The van der Waals surface area contributed by atoms with Crippen LogP contribution in [0.5, 0.6) is 0 Å². The van der Waals surface area contributed by atoms with Gasteiger partial charge in [-0.25, -0.2) is 0 Å². The van der Waals surface area contributed by atoms with Gasteiger partial charge < -0.3 is 4.74 Å². The van der Waals surface area contributed by atoms with Crippen molar-refractivity contribution >= 4 is 0 Å². The molecule has 1 aliphatic rings. The van der Waals surface area contributed by atoms with Crippen molar-refractivity contribution in [3.8, 4) is 0 Å². The molecule has 1 heterocycles. The van der Waals surface area contributed by atoms with Gasteiger partial charge in [0.1, 0.15) is 0 Å². The summed E-state index contributed by atoms with van der Waals surface area (Å²) >= 11 is 0. The Hall–Kier alpha value is -1.86. The van der Waals surface area contributed by atoms with Gasteiger partial charge in [0.05, 0.1) is 12.2 Å². The third kappa shape index (κ3) is 2.47. The van der Waals surface area contributed by atoms with Crippen LogP contribution in [0.15, 0.2) is 73.3 Å². The molecule has 2 aromatic rings. The van der Waals surface area contributed by atoms with Crippen molar-refractivity contribution in [2.75, 3.05) is 0 Å². The summed E-state index contributed by atoms with van der Waals surface area (Å²) in [7, 11) is 0. The average molecular weight is 250 g/mol. The molecule has 1 nitrogen and oxygen atoms in total. The molecule has 0 aromatic heterocycles. The Balaban J connectivity index is 1.85.